The minimum absolute atomic E-state index is 0.0163. The van der Waals surface area contributed by atoms with Crippen LogP contribution in [0.4, 0.5) is 5.69 Å². The van der Waals surface area contributed by atoms with Gasteiger partial charge in [0.15, 0.2) is 5.60 Å². The second kappa shape index (κ2) is 5.21. The van der Waals surface area contributed by atoms with Crippen molar-refractivity contribution in [3.05, 3.63) is 23.8 Å². The Morgan fingerprint density at radius 2 is 2.11 bits per heavy atom. The molecule has 1 aromatic carbocycles. The molecule has 0 aromatic heterocycles. The number of amides is 1. The number of hydrogen-bond donors (Lipinski definition) is 1. The lowest BCUT2D eigenvalue weighted by Gasteiger charge is -2.39. The first-order valence-corrected chi connectivity index (χ1v) is 6.83. The van der Waals surface area contributed by atoms with Crippen molar-refractivity contribution in [2.45, 2.75) is 45.8 Å². The maximum absolute atomic E-state index is 12.5. The highest BCUT2D eigenvalue weighted by molar-refractivity contribution is 6.02. The molecule has 0 saturated carbocycles. The van der Waals surface area contributed by atoms with Crippen LogP contribution in [-0.2, 0) is 11.3 Å². The normalized spacial score (nSPS) is 17.1. The molecule has 0 bridgehead atoms. The Bertz CT molecular complexity index is 483. The summed E-state index contributed by atoms with van der Waals surface area (Å²) in [7, 11) is 0. The first-order valence-electron chi connectivity index (χ1n) is 6.83. The SMILES string of the molecule is CCCCN1C(=O)C(C)(C)Oc2ccc(CN)cc21. The number of carbonyl (C=O) groups is 1. The zero-order chi connectivity index (χ0) is 14.0. The van der Waals surface area contributed by atoms with Crippen molar-refractivity contribution in [3.8, 4) is 5.75 Å². The van der Waals surface area contributed by atoms with Crippen LogP contribution in [0.3, 0.4) is 0 Å². The lowest BCUT2D eigenvalue weighted by atomic mass is 10.0. The topological polar surface area (TPSA) is 55.6 Å². The van der Waals surface area contributed by atoms with Crippen LogP contribution >= 0.6 is 0 Å². The maximum Gasteiger partial charge on any atom is 0.270 e. The average molecular weight is 262 g/mol. The van der Waals surface area contributed by atoms with Gasteiger partial charge < -0.3 is 15.4 Å². The Morgan fingerprint density at radius 1 is 1.37 bits per heavy atom. The molecule has 2 N–H and O–H groups in total. The Morgan fingerprint density at radius 3 is 2.74 bits per heavy atom. The predicted molar refractivity (Wildman–Crippen MR) is 76.3 cm³/mol. The standard InChI is InChI=1S/C15H22N2O2/c1-4-5-8-17-12-9-11(10-16)6-7-13(12)19-15(2,3)14(17)18/h6-7,9H,4-5,8,10,16H2,1-3H3. The van der Waals surface area contributed by atoms with E-state index in [1.807, 2.05) is 36.9 Å². The summed E-state index contributed by atoms with van der Waals surface area (Å²) in [6.45, 7) is 6.94. The molecule has 0 spiro atoms. The molecular weight excluding hydrogens is 240 g/mol. The summed E-state index contributed by atoms with van der Waals surface area (Å²) < 4.78 is 5.81. The van der Waals surface area contributed by atoms with Crippen molar-refractivity contribution < 1.29 is 9.53 Å². The van der Waals surface area contributed by atoms with Crippen molar-refractivity contribution in [1.82, 2.24) is 0 Å². The summed E-state index contributed by atoms with van der Waals surface area (Å²) in [4.78, 5) is 14.3. The molecule has 2 rings (SSSR count). The van der Waals surface area contributed by atoms with E-state index >= 15 is 0 Å². The third kappa shape index (κ3) is 2.59. The summed E-state index contributed by atoms with van der Waals surface area (Å²) in [5.41, 5.74) is 6.73. The first kappa shape index (κ1) is 13.9. The van der Waals surface area contributed by atoms with Gasteiger partial charge in [-0.05, 0) is 38.0 Å². The molecule has 0 unspecified atom stereocenters. The van der Waals surface area contributed by atoms with E-state index in [1.165, 1.54) is 0 Å². The Balaban J connectivity index is 2.43. The molecule has 0 radical (unpaired) electrons. The minimum Gasteiger partial charge on any atom is -0.476 e. The van der Waals surface area contributed by atoms with E-state index in [9.17, 15) is 4.79 Å². The van der Waals surface area contributed by atoms with E-state index in [4.69, 9.17) is 10.5 Å². The fourth-order valence-electron chi connectivity index (χ4n) is 2.28. The van der Waals surface area contributed by atoms with Crippen LogP contribution in [0.5, 0.6) is 5.75 Å². The van der Waals surface area contributed by atoms with Gasteiger partial charge in [-0.1, -0.05) is 19.4 Å². The van der Waals surface area contributed by atoms with Crippen LogP contribution in [0.15, 0.2) is 18.2 Å². The Hall–Kier alpha value is -1.55. The number of unbranched alkanes of at least 4 members (excludes halogenated alkanes) is 1. The van der Waals surface area contributed by atoms with Gasteiger partial charge in [0.1, 0.15) is 5.75 Å². The Kier molecular flexibility index (Phi) is 3.80. The highest BCUT2D eigenvalue weighted by Crippen LogP contribution is 2.38. The van der Waals surface area contributed by atoms with Crippen molar-refractivity contribution in [3.63, 3.8) is 0 Å². The molecule has 0 aliphatic carbocycles. The highest BCUT2D eigenvalue weighted by atomic mass is 16.5. The smallest absolute Gasteiger partial charge is 0.270 e. The quantitative estimate of drug-likeness (QED) is 0.906. The number of hydrogen-bond acceptors (Lipinski definition) is 3. The summed E-state index contributed by atoms with van der Waals surface area (Å²) in [5.74, 6) is 0.778. The van der Waals surface area contributed by atoms with Crippen LogP contribution in [-0.4, -0.2) is 18.1 Å². The lowest BCUT2D eigenvalue weighted by molar-refractivity contribution is -0.132. The monoisotopic (exact) mass is 262 g/mol. The summed E-state index contributed by atoms with van der Waals surface area (Å²) in [6, 6.07) is 5.81. The van der Waals surface area contributed by atoms with Crippen LogP contribution in [0.25, 0.3) is 0 Å². The molecule has 0 fully saturated rings. The van der Waals surface area contributed by atoms with Gasteiger partial charge in [0, 0.05) is 13.1 Å². The number of ether oxygens (including phenoxy) is 1. The summed E-state index contributed by atoms with van der Waals surface area (Å²) in [5, 5.41) is 0. The van der Waals surface area contributed by atoms with E-state index in [1.54, 1.807) is 0 Å². The molecule has 104 valence electrons. The molecule has 1 aromatic rings. The van der Waals surface area contributed by atoms with Crippen LogP contribution in [0.1, 0.15) is 39.2 Å². The van der Waals surface area contributed by atoms with Gasteiger partial charge in [-0.2, -0.15) is 0 Å². The fraction of sp³-hybridized carbons (Fsp3) is 0.533. The van der Waals surface area contributed by atoms with Gasteiger partial charge in [0.2, 0.25) is 0 Å². The predicted octanol–water partition coefficient (Wildman–Crippen LogP) is 2.45. The second-order valence-corrected chi connectivity index (χ2v) is 5.43. The first-order chi connectivity index (χ1) is 8.99. The molecule has 0 atom stereocenters. The van der Waals surface area contributed by atoms with E-state index in [0.717, 1.165) is 36.4 Å². The number of fused-ring (bicyclic) bond motifs is 1. The Labute approximate surface area is 114 Å². The van der Waals surface area contributed by atoms with Gasteiger partial charge in [0.05, 0.1) is 5.69 Å². The van der Waals surface area contributed by atoms with Crippen molar-refractivity contribution in [2.75, 3.05) is 11.4 Å². The number of nitrogens with zero attached hydrogens (tertiary/aromatic N) is 1. The number of anilines is 1. The summed E-state index contributed by atoms with van der Waals surface area (Å²) in [6.07, 6.45) is 2.03. The number of benzene rings is 1. The van der Waals surface area contributed by atoms with Crippen LogP contribution in [0, 0.1) is 0 Å². The third-order valence-electron chi connectivity index (χ3n) is 3.41. The maximum atomic E-state index is 12.5. The average Bonchev–Trinajstić information content (AvgIpc) is 2.39. The molecule has 1 aliphatic rings. The highest BCUT2D eigenvalue weighted by Gasteiger charge is 2.40. The molecule has 1 heterocycles. The zero-order valence-corrected chi connectivity index (χ0v) is 11.9. The molecule has 4 nitrogen and oxygen atoms in total. The lowest BCUT2D eigenvalue weighted by Crippen LogP contribution is -2.52. The van der Waals surface area contributed by atoms with Crippen LogP contribution in [0.2, 0.25) is 0 Å². The zero-order valence-electron chi connectivity index (χ0n) is 11.9. The fourth-order valence-corrected chi connectivity index (χ4v) is 2.28. The van der Waals surface area contributed by atoms with Crippen molar-refractivity contribution >= 4 is 11.6 Å². The van der Waals surface area contributed by atoms with Gasteiger partial charge in [0.25, 0.3) is 5.91 Å². The van der Waals surface area contributed by atoms with E-state index in [2.05, 4.69) is 6.92 Å². The number of nitrogens with two attached hydrogens (primary N) is 1. The number of rotatable bonds is 4. The molecule has 0 saturated heterocycles. The van der Waals surface area contributed by atoms with Crippen LogP contribution < -0.4 is 15.4 Å². The molecule has 1 amide bonds. The van der Waals surface area contributed by atoms with E-state index in [0.29, 0.717) is 6.54 Å². The number of carbonyl (C=O) groups excluding carboxylic acids is 1. The molecule has 19 heavy (non-hydrogen) atoms. The van der Waals surface area contributed by atoms with Crippen molar-refractivity contribution in [1.29, 1.82) is 0 Å². The van der Waals surface area contributed by atoms with E-state index in [-0.39, 0.29) is 5.91 Å². The second-order valence-electron chi connectivity index (χ2n) is 5.43. The third-order valence-corrected chi connectivity index (χ3v) is 3.41. The molecule has 1 aliphatic heterocycles. The van der Waals surface area contributed by atoms with Gasteiger partial charge in [-0.15, -0.1) is 0 Å². The van der Waals surface area contributed by atoms with Gasteiger partial charge >= 0.3 is 0 Å². The largest absolute Gasteiger partial charge is 0.476 e. The minimum atomic E-state index is -0.801. The molecule has 4 heteroatoms. The summed E-state index contributed by atoms with van der Waals surface area (Å²) >= 11 is 0. The van der Waals surface area contributed by atoms with Crippen molar-refractivity contribution in [2.24, 2.45) is 5.73 Å². The van der Waals surface area contributed by atoms with E-state index < -0.39 is 5.60 Å². The van der Waals surface area contributed by atoms with Gasteiger partial charge in [-0.25, -0.2) is 0 Å². The van der Waals surface area contributed by atoms with Gasteiger partial charge in [-0.3, -0.25) is 4.79 Å². The molecular formula is C15H22N2O2.